The van der Waals surface area contributed by atoms with Gasteiger partial charge in [-0.2, -0.15) is 0 Å². The first-order valence-corrected chi connectivity index (χ1v) is 7.71. The smallest absolute Gasteiger partial charge is 0.309 e. The average Bonchev–Trinajstić information content (AvgIpc) is 2.73. The van der Waals surface area contributed by atoms with Crippen molar-refractivity contribution in [2.45, 2.75) is 51.5 Å². The SMILES string of the molecule is O=C(O)Cc1cnnn1CC12CC3CC(CC(C3)C1)C2. The number of rotatable bonds is 4. The van der Waals surface area contributed by atoms with E-state index in [4.69, 9.17) is 5.11 Å². The standard InChI is InChI=1S/C15H21N3O2/c19-14(20)4-13-8-16-17-18(13)9-15-5-10-1-11(6-15)3-12(2-10)7-15/h8,10-12H,1-7,9H2,(H,19,20). The summed E-state index contributed by atoms with van der Waals surface area (Å²) in [7, 11) is 0. The van der Waals surface area contributed by atoms with Gasteiger partial charge in [0.1, 0.15) is 0 Å². The van der Waals surface area contributed by atoms with Crippen LogP contribution >= 0.6 is 0 Å². The number of nitrogens with zero attached hydrogens (tertiary/aromatic N) is 3. The number of carboxylic acids is 1. The first-order valence-electron chi connectivity index (χ1n) is 7.71. The van der Waals surface area contributed by atoms with Crippen molar-refractivity contribution in [3.05, 3.63) is 11.9 Å². The van der Waals surface area contributed by atoms with Crippen molar-refractivity contribution in [2.75, 3.05) is 0 Å². The van der Waals surface area contributed by atoms with Crippen LogP contribution in [0.1, 0.15) is 44.2 Å². The van der Waals surface area contributed by atoms with E-state index >= 15 is 0 Å². The molecule has 0 saturated heterocycles. The van der Waals surface area contributed by atoms with Crippen LogP contribution < -0.4 is 0 Å². The van der Waals surface area contributed by atoms with Gasteiger partial charge in [-0.15, -0.1) is 5.10 Å². The molecule has 1 N–H and O–H groups in total. The fourth-order valence-electron chi connectivity index (χ4n) is 5.51. The first kappa shape index (κ1) is 12.4. The molecule has 4 bridgehead atoms. The van der Waals surface area contributed by atoms with Gasteiger partial charge in [-0.25, -0.2) is 4.68 Å². The number of carboxylic acid groups (broad SMARTS) is 1. The Morgan fingerprint density at radius 1 is 1.25 bits per heavy atom. The van der Waals surface area contributed by atoms with Gasteiger partial charge in [-0.3, -0.25) is 4.79 Å². The number of hydrogen-bond acceptors (Lipinski definition) is 3. The molecule has 0 aliphatic heterocycles. The summed E-state index contributed by atoms with van der Waals surface area (Å²) < 4.78 is 1.86. The molecular weight excluding hydrogens is 254 g/mol. The van der Waals surface area contributed by atoms with E-state index < -0.39 is 5.97 Å². The molecule has 5 heteroatoms. The highest BCUT2D eigenvalue weighted by Crippen LogP contribution is 2.60. The van der Waals surface area contributed by atoms with Crippen LogP contribution in [0.4, 0.5) is 0 Å². The zero-order chi connectivity index (χ0) is 13.7. The summed E-state index contributed by atoms with van der Waals surface area (Å²) in [5.74, 6) is 1.92. The van der Waals surface area contributed by atoms with Crippen LogP contribution in [0.15, 0.2) is 6.20 Å². The van der Waals surface area contributed by atoms with Crippen LogP contribution in [0, 0.1) is 23.2 Å². The topological polar surface area (TPSA) is 68.0 Å². The Labute approximate surface area is 118 Å². The van der Waals surface area contributed by atoms with E-state index in [1.807, 2.05) is 4.68 Å². The Hall–Kier alpha value is -1.39. The maximum atomic E-state index is 10.9. The average molecular weight is 275 g/mol. The molecule has 0 aromatic carbocycles. The molecule has 5 nitrogen and oxygen atoms in total. The van der Waals surface area contributed by atoms with Crippen molar-refractivity contribution in [2.24, 2.45) is 23.2 Å². The largest absolute Gasteiger partial charge is 0.481 e. The normalized spacial score (nSPS) is 38.3. The number of carbonyl (C=O) groups is 1. The molecule has 20 heavy (non-hydrogen) atoms. The molecule has 0 radical (unpaired) electrons. The van der Waals surface area contributed by atoms with E-state index in [1.54, 1.807) is 6.20 Å². The highest BCUT2D eigenvalue weighted by molar-refractivity contribution is 5.69. The molecule has 4 aliphatic rings. The lowest BCUT2D eigenvalue weighted by Crippen LogP contribution is -2.48. The summed E-state index contributed by atoms with van der Waals surface area (Å²) in [6.07, 6.45) is 9.85. The second-order valence-corrected chi connectivity index (χ2v) is 7.37. The molecule has 0 spiro atoms. The van der Waals surface area contributed by atoms with Crippen molar-refractivity contribution >= 4 is 5.97 Å². The van der Waals surface area contributed by atoms with Gasteiger partial charge in [0, 0.05) is 6.54 Å². The highest BCUT2D eigenvalue weighted by atomic mass is 16.4. The van der Waals surface area contributed by atoms with Gasteiger partial charge >= 0.3 is 5.97 Å². The molecule has 0 amide bonds. The minimum atomic E-state index is -0.806. The first-order chi connectivity index (χ1) is 9.62. The summed E-state index contributed by atoms with van der Waals surface area (Å²) in [5, 5.41) is 17.0. The van der Waals surface area contributed by atoms with E-state index in [0.29, 0.717) is 5.41 Å². The van der Waals surface area contributed by atoms with E-state index in [9.17, 15) is 4.79 Å². The second-order valence-electron chi connectivity index (χ2n) is 7.37. The molecule has 1 aromatic rings. The summed E-state index contributed by atoms with van der Waals surface area (Å²) in [4.78, 5) is 10.9. The molecule has 108 valence electrons. The third kappa shape index (κ3) is 2.03. The van der Waals surface area contributed by atoms with Crippen LogP contribution in [0.25, 0.3) is 0 Å². The van der Waals surface area contributed by atoms with Crippen molar-refractivity contribution in [3.8, 4) is 0 Å². The molecule has 4 aliphatic carbocycles. The lowest BCUT2D eigenvalue weighted by atomic mass is 9.49. The van der Waals surface area contributed by atoms with E-state index in [1.165, 1.54) is 38.5 Å². The zero-order valence-corrected chi connectivity index (χ0v) is 11.7. The Kier molecular flexibility index (Phi) is 2.66. The molecular formula is C15H21N3O2. The van der Waals surface area contributed by atoms with Crippen LogP contribution in [0.2, 0.25) is 0 Å². The summed E-state index contributed by atoms with van der Waals surface area (Å²) in [6.45, 7) is 0.874. The summed E-state index contributed by atoms with van der Waals surface area (Å²) in [6, 6.07) is 0. The Bertz CT molecular complexity index is 502. The van der Waals surface area contributed by atoms with E-state index in [-0.39, 0.29) is 6.42 Å². The molecule has 0 unspecified atom stereocenters. The van der Waals surface area contributed by atoms with Gasteiger partial charge < -0.3 is 5.11 Å². The maximum absolute atomic E-state index is 10.9. The van der Waals surface area contributed by atoms with Gasteiger partial charge in [0.2, 0.25) is 0 Å². The molecule has 5 rings (SSSR count). The zero-order valence-electron chi connectivity index (χ0n) is 11.7. The number of hydrogen-bond donors (Lipinski definition) is 1. The minimum Gasteiger partial charge on any atom is -0.481 e. The fourth-order valence-corrected chi connectivity index (χ4v) is 5.51. The lowest BCUT2D eigenvalue weighted by Gasteiger charge is -2.56. The third-order valence-electron chi connectivity index (χ3n) is 5.68. The molecule has 4 saturated carbocycles. The Morgan fingerprint density at radius 3 is 2.40 bits per heavy atom. The van der Waals surface area contributed by atoms with Crippen LogP contribution in [-0.4, -0.2) is 26.1 Å². The molecule has 0 atom stereocenters. The maximum Gasteiger partial charge on any atom is 0.309 e. The Morgan fingerprint density at radius 2 is 1.85 bits per heavy atom. The van der Waals surface area contributed by atoms with Crippen LogP contribution in [-0.2, 0) is 17.8 Å². The molecule has 4 fully saturated rings. The van der Waals surface area contributed by atoms with Gasteiger partial charge in [0.25, 0.3) is 0 Å². The number of aromatic nitrogens is 3. The predicted octanol–water partition coefficient (Wildman–Crippen LogP) is 2.12. The predicted molar refractivity (Wildman–Crippen MR) is 72.0 cm³/mol. The lowest BCUT2D eigenvalue weighted by molar-refractivity contribution is -0.136. The number of aliphatic carboxylic acids is 1. The molecule has 1 aromatic heterocycles. The van der Waals surface area contributed by atoms with E-state index in [2.05, 4.69) is 10.3 Å². The van der Waals surface area contributed by atoms with Crippen LogP contribution in [0.5, 0.6) is 0 Å². The second kappa shape index (κ2) is 4.30. The van der Waals surface area contributed by atoms with Crippen molar-refractivity contribution in [3.63, 3.8) is 0 Å². The van der Waals surface area contributed by atoms with Gasteiger partial charge in [0.15, 0.2) is 0 Å². The summed E-state index contributed by atoms with van der Waals surface area (Å²) >= 11 is 0. The minimum absolute atomic E-state index is 0.0271. The highest BCUT2D eigenvalue weighted by Gasteiger charge is 2.51. The van der Waals surface area contributed by atoms with E-state index in [0.717, 1.165) is 30.0 Å². The Balaban J connectivity index is 1.57. The summed E-state index contributed by atoms with van der Waals surface area (Å²) in [5.41, 5.74) is 1.11. The van der Waals surface area contributed by atoms with Crippen LogP contribution in [0.3, 0.4) is 0 Å². The van der Waals surface area contributed by atoms with Gasteiger partial charge in [-0.05, 0) is 61.7 Å². The monoisotopic (exact) mass is 275 g/mol. The molecule has 1 heterocycles. The van der Waals surface area contributed by atoms with Crippen molar-refractivity contribution in [1.29, 1.82) is 0 Å². The van der Waals surface area contributed by atoms with Gasteiger partial charge in [0.05, 0.1) is 18.3 Å². The van der Waals surface area contributed by atoms with Gasteiger partial charge in [-0.1, -0.05) is 5.21 Å². The van der Waals surface area contributed by atoms with Crippen molar-refractivity contribution in [1.82, 2.24) is 15.0 Å². The third-order valence-corrected chi connectivity index (χ3v) is 5.68. The van der Waals surface area contributed by atoms with Crippen molar-refractivity contribution < 1.29 is 9.90 Å². The fraction of sp³-hybridized carbons (Fsp3) is 0.800. The quantitative estimate of drug-likeness (QED) is 0.914.